The van der Waals surface area contributed by atoms with E-state index < -0.39 is 0 Å². The van der Waals surface area contributed by atoms with Crippen LogP contribution in [0.2, 0.25) is 0 Å². The molecule has 0 radical (unpaired) electrons. The van der Waals surface area contributed by atoms with Crippen molar-refractivity contribution in [1.29, 1.82) is 5.26 Å². The van der Waals surface area contributed by atoms with Crippen molar-refractivity contribution >= 4 is 5.95 Å². The van der Waals surface area contributed by atoms with E-state index in [0.29, 0.717) is 12.4 Å². The van der Waals surface area contributed by atoms with Crippen LogP contribution in [-0.2, 0) is 0 Å². The molecule has 78 valence electrons. The molecule has 5 heteroatoms. The molecule has 2 atom stereocenters. The zero-order chi connectivity index (χ0) is 10.7. The number of piperidine rings is 1. The summed E-state index contributed by atoms with van der Waals surface area (Å²) in [6, 6.07) is 4.03. The number of hydrogen-bond donors (Lipinski definition) is 1. The van der Waals surface area contributed by atoms with E-state index in [1.807, 2.05) is 4.90 Å². The highest BCUT2D eigenvalue weighted by Crippen LogP contribution is 2.22. The minimum absolute atomic E-state index is 0.0694. The summed E-state index contributed by atoms with van der Waals surface area (Å²) in [5, 5.41) is 8.81. The zero-order valence-corrected chi connectivity index (χ0v) is 8.37. The summed E-state index contributed by atoms with van der Waals surface area (Å²) < 4.78 is 0. The Kier molecular flexibility index (Phi) is 2.79. The van der Waals surface area contributed by atoms with Gasteiger partial charge in [0, 0.05) is 18.9 Å². The third-order valence-electron chi connectivity index (χ3n) is 2.64. The molecule has 1 fully saturated rings. The maximum atomic E-state index is 8.81. The van der Waals surface area contributed by atoms with Gasteiger partial charge in [0.05, 0.1) is 18.2 Å². The smallest absolute Gasteiger partial charge is 0.226 e. The molecule has 0 aromatic carbocycles. The molecule has 0 saturated carbocycles. The molecule has 1 saturated heterocycles. The molecular weight excluding hydrogens is 190 g/mol. The molecule has 5 nitrogen and oxygen atoms in total. The average molecular weight is 203 g/mol. The Hall–Kier alpha value is -1.67. The van der Waals surface area contributed by atoms with Gasteiger partial charge in [0.2, 0.25) is 5.95 Å². The van der Waals surface area contributed by atoms with Crippen molar-refractivity contribution in [2.75, 3.05) is 11.4 Å². The molecule has 1 aliphatic heterocycles. The van der Waals surface area contributed by atoms with Crippen molar-refractivity contribution in [3.8, 4) is 6.07 Å². The Morgan fingerprint density at radius 2 is 2.20 bits per heavy atom. The summed E-state index contributed by atoms with van der Waals surface area (Å²) in [5.74, 6) is 0.723. The van der Waals surface area contributed by atoms with Gasteiger partial charge < -0.3 is 10.6 Å². The topological polar surface area (TPSA) is 78.8 Å². The fourth-order valence-electron chi connectivity index (χ4n) is 1.80. The Morgan fingerprint density at radius 1 is 1.47 bits per heavy atom. The molecule has 2 heterocycles. The van der Waals surface area contributed by atoms with Gasteiger partial charge in [-0.15, -0.1) is 0 Å². The monoisotopic (exact) mass is 203 g/mol. The number of nitrogens with zero attached hydrogens (tertiary/aromatic N) is 4. The van der Waals surface area contributed by atoms with Crippen LogP contribution in [0.5, 0.6) is 0 Å². The molecule has 0 aliphatic carbocycles. The third-order valence-corrected chi connectivity index (χ3v) is 2.64. The molecule has 0 spiro atoms. The fourth-order valence-corrected chi connectivity index (χ4v) is 1.80. The molecule has 15 heavy (non-hydrogen) atoms. The lowest BCUT2D eigenvalue weighted by Gasteiger charge is -2.34. The van der Waals surface area contributed by atoms with E-state index in [1.54, 1.807) is 18.5 Å². The first-order chi connectivity index (χ1) is 7.31. The van der Waals surface area contributed by atoms with Gasteiger partial charge in [-0.25, -0.2) is 9.97 Å². The quantitative estimate of drug-likeness (QED) is 0.719. The average Bonchev–Trinajstić information content (AvgIpc) is 2.30. The normalized spacial score (nSPS) is 26.0. The maximum absolute atomic E-state index is 8.81. The number of hydrogen-bond acceptors (Lipinski definition) is 5. The van der Waals surface area contributed by atoms with Crippen molar-refractivity contribution in [3.05, 3.63) is 18.5 Å². The second kappa shape index (κ2) is 4.24. The minimum Gasteiger partial charge on any atom is -0.325 e. The van der Waals surface area contributed by atoms with E-state index in [0.717, 1.165) is 13.0 Å². The lowest BCUT2D eigenvalue weighted by Crippen LogP contribution is -2.48. The van der Waals surface area contributed by atoms with Crippen molar-refractivity contribution in [1.82, 2.24) is 9.97 Å². The summed E-state index contributed by atoms with van der Waals surface area (Å²) in [7, 11) is 0. The van der Waals surface area contributed by atoms with E-state index in [1.165, 1.54) is 0 Å². The van der Waals surface area contributed by atoms with Crippen LogP contribution in [0, 0.1) is 17.2 Å². The van der Waals surface area contributed by atoms with E-state index in [2.05, 4.69) is 16.0 Å². The Bertz CT molecular complexity index is 358. The van der Waals surface area contributed by atoms with Crippen LogP contribution < -0.4 is 10.6 Å². The Labute approximate surface area is 88.5 Å². The second-order valence-corrected chi connectivity index (χ2v) is 3.66. The van der Waals surface area contributed by atoms with Gasteiger partial charge in [0.15, 0.2) is 0 Å². The van der Waals surface area contributed by atoms with Crippen LogP contribution in [0.1, 0.15) is 12.8 Å². The first-order valence-corrected chi connectivity index (χ1v) is 5.00. The van der Waals surface area contributed by atoms with Gasteiger partial charge in [-0.3, -0.25) is 0 Å². The predicted molar refractivity (Wildman–Crippen MR) is 55.7 cm³/mol. The lowest BCUT2D eigenvalue weighted by atomic mass is 9.96. The highest BCUT2D eigenvalue weighted by molar-refractivity contribution is 5.31. The van der Waals surface area contributed by atoms with Crippen molar-refractivity contribution in [2.24, 2.45) is 11.7 Å². The maximum Gasteiger partial charge on any atom is 0.226 e. The standard InChI is InChI=1S/C10H13N5/c11-7-8-2-5-15(9(12)6-8)10-13-3-1-4-14-10/h1,3-4,8-9H,2,5-6,12H2. The van der Waals surface area contributed by atoms with Crippen LogP contribution in [0.3, 0.4) is 0 Å². The molecular formula is C10H13N5. The first kappa shape index (κ1) is 9.87. The Balaban J connectivity index is 2.10. The highest BCUT2D eigenvalue weighted by Gasteiger charge is 2.26. The number of anilines is 1. The predicted octanol–water partition coefficient (Wildman–Crippen LogP) is 0.501. The molecule has 0 bridgehead atoms. The third kappa shape index (κ3) is 2.05. The molecule has 0 amide bonds. The van der Waals surface area contributed by atoms with Gasteiger partial charge in [-0.05, 0) is 18.9 Å². The molecule has 2 rings (SSSR count). The summed E-state index contributed by atoms with van der Waals surface area (Å²) in [6.45, 7) is 0.753. The lowest BCUT2D eigenvalue weighted by molar-refractivity contribution is 0.400. The number of rotatable bonds is 1. The van der Waals surface area contributed by atoms with Crippen LogP contribution in [0.4, 0.5) is 5.95 Å². The van der Waals surface area contributed by atoms with Gasteiger partial charge in [0.25, 0.3) is 0 Å². The molecule has 1 aromatic rings. The van der Waals surface area contributed by atoms with E-state index in [4.69, 9.17) is 11.0 Å². The Morgan fingerprint density at radius 3 is 2.80 bits per heavy atom. The largest absolute Gasteiger partial charge is 0.325 e. The highest BCUT2D eigenvalue weighted by atomic mass is 15.3. The summed E-state index contributed by atoms with van der Waals surface area (Å²) in [4.78, 5) is 10.3. The van der Waals surface area contributed by atoms with Gasteiger partial charge in [-0.1, -0.05) is 0 Å². The fraction of sp³-hybridized carbons (Fsp3) is 0.500. The summed E-state index contributed by atoms with van der Waals surface area (Å²) >= 11 is 0. The number of nitriles is 1. The zero-order valence-electron chi connectivity index (χ0n) is 8.37. The summed E-state index contributed by atoms with van der Waals surface area (Å²) in [6.07, 6.45) is 4.78. The number of aromatic nitrogens is 2. The van der Waals surface area contributed by atoms with Gasteiger partial charge >= 0.3 is 0 Å². The van der Waals surface area contributed by atoms with Gasteiger partial charge in [-0.2, -0.15) is 5.26 Å². The molecule has 1 aliphatic rings. The second-order valence-electron chi connectivity index (χ2n) is 3.66. The van der Waals surface area contributed by atoms with E-state index in [-0.39, 0.29) is 12.1 Å². The molecule has 1 aromatic heterocycles. The SMILES string of the molecule is N#CC1CCN(c2ncccn2)C(N)C1. The van der Waals surface area contributed by atoms with Crippen LogP contribution in [-0.4, -0.2) is 22.7 Å². The first-order valence-electron chi connectivity index (χ1n) is 5.00. The van der Waals surface area contributed by atoms with Crippen LogP contribution >= 0.6 is 0 Å². The number of nitrogens with two attached hydrogens (primary N) is 1. The van der Waals surface area contributed by atoms with Gasteiger partial charge in [0.1, 0.15) is 0 Å². The van der Waals surface area contributed by atoms with Crippen molar-refractivity contribution < 1.29 is 0 Å². The summed E-state index contributed by atoms with van der Waals surface area (Å²) in [5.41, 5.74) is 5.97. The molecule has 2 N–H and O–H groups in total. The molecule has 2 unspecified atom stereocenters. The van der Waals surface area contributed by atoms with Crippen LogP contribution in [0.15, 0.2) is 18.5 Å². The van der Waals surface area contributed by atoms with Crippen LogP contribution in [0.25, 0.3) is 0 Å². The van der Waals surface area contributed by atoms with E-state index in [9.17, 15) is 0 Å². The minimum atomic E-state index is -0.147. The van der Waals surface area contributed by atoms with Crippen molar-refractivity contribution in [3.63, 3.8) is 0 Å². The van der Waals surface area contributed by atoms with Crippen molar-refractivity contribution in [2.45, 2.75) is 19.0 Å². The van der Waals surface area contributed by atoms with E-state index >= 15 is 0 Å².